The van der Waals surface area contributed by atoms with E-state index in [1.165, 1.54) is 51.4 Å². The molecule has 2 rings (SSSR count). The Kier molecular flexibility index (Phi) is 5.00. The van der Waals surface area contributed by atoms with E-state index in [2.05, 4.69) is 19.9 Å². The molecule has 0 amide bonds. The topological polar surface area (TPSA) is 20.2 Å². The molecule has 0 heterocycles. The summed E-state index contributed by atoms with van der Waals surface area (Å²) >= 11 is 0. The summed E-state index contributed by atoms with van der Waals surface area (Å²) in [4.78, 5) is 0. The van der Waals surface area contributed by atoms with E-state index in [1.807, 2.05) is 13.8 Å². The SMILES string of the molecule is C/C=C1\CCCC2(C)C(CCCCC(C)(C)O)CCC12. The Hall–Kier alpha value is -0.300. The van der Waals surface area contributed by atoms with Gasteiger partial charge in [0.25, 0.3) is 0 Å². The van der Waals surface area contributed by atoms with Crippen LogP contribution in [0.5, 0.6) is 0 Å². The van der Waals surface area contributed by atoms with Crippen LogP contribution in [0.4, 0.5) is 0 Å². The minimum Gasteiger partial charge on any atom is -0.390 e. The molecule has 3 atom stereocenters. The number of fused-ring (bicyclic) bond motifs is 1. The van der Waals surface area contributed by atoms with Crippen LogP contribution in [0.3, 0.4) is 0 Å². The fraction of sp³-hybridized carbons (Fsp3) is 0.895. The molecule has 0 aliphatic heterocycles. The molecule has 3 unspecified atom stereocenters. The molecule has 0 spiro atoms. The summed E-state index contributed by atoms with van der Waals surface area (Å²) in [6, 6.07) is 0. The Morgan fingerprint density at radius 2 is 2.05 bits per heavy atom. The molecule has 1 N–H and O–H groups in total. The quantitative estimate of drug-likeness (QED) is 0.521. The normalized spacial score (nSPS) is 36.4. The van der Waals surface area contributed by atoms with Crippen LogP contribution < -0.4 is 0 Å². The first-order valence-electron chi connectivity index (χ1n) is 8.74. The molecule has 0 aromatic rings. The zero-order chi connectivity index (χ0) is 14.8. The van der Waals surface area contributed by atoms with E-state index in [0.29, 0.717) is 5.41 Å². The lowest BCUT2D eigenvalue weighted by atomic mass is 9.62. The third-order valence-corrected chi connectivity index (χ3v) is 6.12. The highest BCUT2D eigenvalue weighted by Gasteiger charge is 2.48. The van der Waals surface area contributed by atoms with E-state index >= 15 is 0 Å². The summed E-state index contributed by atoms with van der Waals surface area (Å²) in [7, 11) is 0. The molecule has 0 aromatic heterocycles. The average Bonchev–Trinajstić information content (AvgIpc) is 2.70. The van der Waals surface area contributed by atoms with Gasteiger partial charge in [-0.15, -0.1) is 0 Å². The van der Waals surface area contributed by atoms with Crippen molar-refractivity contribution >= 4 is 0 Å². The van der Waals surface area contributed by atoms with Crippen LogP contribution in [0, 0.1) is 17.3 Å². The van der Waals surface area contributed by atoms with E-state index in [0.717, 1.165) is 18.3 Å². The maximum atomic E-state index is 9.81. The Labute approximate surface area is 125 Å². The average molecular weight is 278 g/mol. The number of unbranched alkanes of at least 4 members (excludes halogenated alkanes) is 1. The highest BCUT2D eigenvalue weighted by atomic mass is 16.3. The van der Waals surface area contributed by atoms with E-state index in [-0.39, 0.29) is 0 Å². The van der Waals surface area contributed by atoms with Crippen LogP contribution in [0.1, 0.15) is 85.5 Å². The second kappa shape index (κ2) is 6.22. The van der Waals surface area contributed by atoms with Crippen molar-refractivity contribution in [1.82, 2.24) is 0 Å². The second-order valence-electron chi connectivity index (χ2n) is 8.11. The van der Waals surface area contributed by atoms with E-state index in [9.17, 15) is 5.11 Å². The van der Waals surface area contributed by atoms with Crippen molar-refractivity contribution in [2.75, 3.05) is 0 Å². The van der Waals surface area contributed by atoms with Crippen LogP contribution in [0.2, 0.25) is 0 Å². The summed E-state index contributed by atoms with van der Waals surface area (Å²) in [5.74, 6) is 1.80. The van der Waals surface area contributed by atoms with Crippen molar-refractivity contribution in [3.8, 4) is 0 Å². The first-order chi connectivity index (χ1) is 9.37. The summed E-state index contributed by atoms with van der Waals surface area (Å²) in [5.41, 5.74) is 1.85. The van der Waals surface area contributed by atoms with Gasteiger partial charge >= 0.3 is 0 Å². The van der Waals surface area contributed by atoms with Gasteiger partial charge in [-0.3, -0.25) is 0 Å². The van der Waals surface area contributed by atoms with Gasteiger partial charge in [0.1, 0.15) is 0 Å². The van der Waals surface area contributed by atoms with Crippen molar-refractivity contribution in [2.45, 2.75) is 91.1 Å². The number of hydrogen-bond acceptors (Lipinski definition) is 1. The van der Waals surface area contributed by atoms with Gasteiger partial charge in [-0.05, 0) is 83.0 Å². The Morgan fingerprint density at radius 1 is 1.30 bits per heavy atom. The van der Waals surface area contributed by atoms with Crippen LogP contribution >= 0.6 is 0 Å². The third kappa shape index (κ3) is 3.47. The Balaban J connectivity index is 1.87. The van der Waals surface area contributed by atoms with Crippen molar-refractivity contribution < 1.29 is 5.11 Å². The van der Waals surface area contributed by atoms with Crippen molar-refractivity contribution in [1.29, 1.82) is 0 Å². The molecule has 20 heavy (non-hydrogen) atoms. The van der Waals surface area contributed by atoms with Gasteiger partial charge in [0.05, 0.1) is 5.60 Å². The van der Waals surface area contributed by atoms with E-state index in [1.54, 1.807) is 5.57 Å². The number of allylic oxidation sites excluding steroid dienone is 2. The molecular weight excluding hydrogens is 244 g/mol. The maximum absolute atomic E-state index is 9.81. The molecule has 2 aliphatic carbocycles. The Morgan fingerprint density at radius 3 is 2.70 bits per heavy atom. The van der Waals surface area contributed by atoms with Crippen molar-refractivity contribution in [2.24, 2.45) is 17.3 Å². The van der Waals surface area contributed by atoms with Crippen LogP contribution in [-0.4, -0.2) is 10.7 Å². The minimum absolute atomic E-state index is 0.481. The third-order valence-electron chi connectivity index (χ3n) is 6.12. The Bertz CT molecular complexity index is 349. The largest absolute Gasteiger partial charge is 0.390 e. The lowest BCUT2D eigenvalue weighted by molar-refractivity contribution is 0.0659. The van der Waals surface area contributed by atoms with Crippen LogP contribution in [0.25, 0.3) is 0 Å². The molecule has 1 heteroatoms. The molecule has 1 nitrogen and oxygen atoms in total. The molecule has 2 saturated carbocycles. The van der Waals surface area contributed by atoms with E-state index in [4.69, 9.17) is 0 Å². The van der Waals surface area contributed by atoms with Gasteiger partial charge in [0, 0.05) is 0 Å². The number of aliphatic hydroxyl groups is 1. The summed E-state index contributed by atoms with van der Waals surface area (Å²) < 4.78 is 0. The number of rotatable bonds is 5. The van der Waals surface area contributed by atoms with Crippen LogP contribution in [0.15, 0.2) is 11.6 Å². The molecule has 0 bridgehead atoms. The fourth-order valence-electron chi connectivity index (χ4n) is 4.91. The summed E-state index contributed by atoms with van der Waals surface area (Å²) in [6.07, 6.45) is 14.2. The first-order valence-corrected chi connectivity index (χ1v) is 8.74. The van der Waals surface area contributed by atoms with Crippen molar-refractivity contribution in [3.05, 3.63) is 11.6 Å². The monoisotopic (exact) mass is 278 g/mol. The fourth-order valence-corrected chi connectivity index (χ4v) is 4.91. The summed E-state index contributed by atoms with van der Waals surface area (Å²) in [5, 5.41) is 9.81. The van der Waals surface area contributed by atoms with Gasteiger partial charge in [0.2, 0.25) is 0 Å². The lowest BCUT2D eigenvalue weighted by Gasteiger charge is -2.42. The lowest BCUT2D eigenvalue weighted by Crippen LogP contribution is -2.33. The minimum atomic E-state index is -0.481. The molecule has 0 radical (unpaired) electrons. The highest BCUT2D eigenvalue weighted by molar-refractivity contribution is 5.17. The van der Waals surface area contributed by atoms with Gasteiger partial charge in [-0.25, -0.2) is 0 Å². The van der Waals surface area contributed by atoms with E-state index < -0.39 is 5.60 Å². The molecule has 116 valence electrons. The van der Waals surface area contributed by atoms with Crippen LogP contribution in [-0.2, 0) is 0 Å². The zero-order valence-corrected chi connectivity index (χ0v) is 14.0. The maximum Gasteiger partial charge on any atom is 0.0591 e. The number of hydrogen-bond donors (Lipinski definition) is 1. The highest BCUT2D eigenvalue weighted by Crippen LogP contribution is 2.58. The van der Waals surface area contributed by atoms with Crippen molar-refractivity contribution in [3.63, 3.8) is 0 Å². The molecule has 0 saturated heterocycles. The first kappa shape index (κ1) is 16.1. The molecule has 2 fully saturated rings. The van der Waals surface area contributed by atoms with Gasteiger partial charge < -0.3 is 5.11 Å². The van der Waals surface area contributed by atoms with Gasteiger partial charge in [-0.1, -0.05) is 31.4 Å². The summed E-state index contributed by atoms with van der Waals surface area (Å²) in [6.45, 7) is 8.66. The van der Waals surface area contributed by atoms with Gasteiger partial charge in [-0.2, -0.15) is 0 Å². The molecular formula is C19H34O. The van der Waals surface area contributed by atoms with Gasteiger partial charge in [0.15, 0.2) is 0 Å². The second-order valence-corrected chi connectivity index (χ2v) is 8.11. The zero-order valence-electron chi connectivity index (χ0n) is 14.0. The smallest absolute Gasteiger partial charge is 0.0591 e. The molecule has 2 aliphatic rings. The molecule has 0 aromatic carbocycles. The standard InChI is InChI=1S/C19H34O/c1-5-15-9-8-14-19(4)16(11-12-17(15)19)10-6-7-13-18(2,3)20/h5,16-17,20H,6-14H2,1-4H3/b15-5+. The predicted molar refractivity (Wildman–Crippen MR) is 86.7 cm³/mol. The predicted octanol–water partition coefficient (Wildman–Crippen LogP) is 5.48.